The molecule has 0 amide bonds. The third kappa shape index (κ3) is 4.44. The van der Waals surface area contributed by atoms with E-state index >= 15 is 0 Å². The molecule has 0 N–H and O–H groups in total. The molecule has 0 fully saturated rings. The molecule has 0 aromatic heterocycles. The Morgan fingerprint density at radius 1 is 0.781 bits per heavy atom. The molecule has 0 heterocycles. The van der Waals surface area contributed by atoms with Gasteiger partial charge >= 0.3 is 209 Å². The molecule has 4 rings (SSSR count). The molecule has 32 heavy (non-hydrogen) atoms. The maximum absolute atomic E-state index is 2.57. The van der Waals surface area contributed by atoms with Crippen LogP contribution in [0.1, 0.15) is 91.5 Å². The van der Waals surface area contributed by atoms with Crippen molar-refractivity contribution >= 4 is 3.27 Å². The Morgan fingerprint density at radius 3 is 2.00 bits per heavy atom. The zero-order chi connectivity index (χ0) is 23.6. The minimum atomic E-state index is -0.905. The van der Waals surface area contributed by atoms with Gasteiger partial charge in [0.2, 0.25) is 0 Å². The summed E-state index contributed by atoms with van der Waals surface area (Å²) in [6.07, 6.45) is 6.21. The average molecular weight is 504 g/mol. The van der Waals surface area contributed by atoms with E-state index in [1.807, 2.05) is 0 Å². The molecule has 1 heteroatoms. The first kappa shape index (κ1) is 23.9. The van der Waals surface area contributed by atoms with Crippen LogP contribution in [0.15, 0.2) is 51.3 Å². The second kappa shape index (κ2) is 7.94. The Labute approximate surface area is 208 Å². The van der Waals surface area contributed by atoms with Gasteiger partial charge in [-0.15, -0.1) is 0 Å². The number of benzene rings is 2. The van der Waals surface area contributed by atoms with Crippen molar-refractivity contribution in [3.05, 3.63) is 73.6 Å². The molecule has 2 aromatic rings. The summed E-state index contributed by atoms with van der Waals surface area (Å²) >= 11 is -0.905. The Morgan fingerprint density at radius 2 is 1.44 bits per heavy atom. The summed E-state index contributed by atoms with van der Waals surface area (Å²) in [5, 5.41) is 0. The van der Waals surface area contributed by atoms with Crippen LogP contribution >= 0.6 is 0 Å². The van der Waals surface area contributed by atoms with Gasteiger partial charge in [0.15, 0.2) is 0 Å². The van der Waals surface area contributed by atoms with Gasteiger partial charge in [-0.05, 0) is 0 Å². The molecule has 2 aromatic carbocycles. The van der Waals surface area contributed by atoms with Crippen LogP contribution in [0.4, 0.5) is 0 Å². The third-order valence-electron chi connectivity index (χ3n) is 7.12. The van der Waals surface area contributed by atoms with Crippen molar-refractivity contribution < 1.29 is 23.2 Å². The molecule has 0 saturated carbocycles. The fourth-order valence-corrected chi connectivity index (χ4v) is 9.39. The van der Waals surface area contributed by atoms with Gasteiger partial charge < -0.3 is 0 Å². The minimum absolute atomic E-state index is 0.180. The predicted molar refractivity (Wildman–Crippen MR) is 137 cm³/mol. The normalized spacial score (nSPS) is 18.2. The monoisotopic (exact) mass is 502 g/mol. The van der Waals surface area contributed by atoms with E-state index in [9.17, 15) is 0 Å². The summed E-state index contributed by atoms with van der Waals surface area (Å²) in [7, 11) is 0. The Balaban J connectivity index is 1.80. The quantitative estimate of drug-likeness (QED) is 0.332. The van der Waals surface area contributed by atoms with Crippen LogP contribution in [0.25, 0.3) is 11.1 Å². The van der Waals surface area contributed by atoms with Crippen LogP contribution < -0.4 is 3.27 Å². The molecule has 2 aliphatic carbocycles. The van der Waals surface area contributed by atoms with E-state index in [0.29, 0.717) is 5.92 Å². The molecule has 0 saturated heterocycles. The summed E-state index contributed by atoms with van der Waals surface area (Å²) in [4.78, 5) is 0. The summed E-state index contributed by atoms with van der Waals surface area (Å²) in [5.74, 6) is 0.593. The van der Waals surface area contributed by atoms with E-state index in [-0.39, 0.29) is 16.2 Å². The zero-order valence-corrected chi connectivity index (χ0v) is 24.3. The summed E-state index contributed by atoms with van der Waals surface area (Å²) < 4.78 is 3.48. The average Bonchev–Trinajstić information content (AvgIpc) is 3.20. The topological polar surface area (TPSA) is 0 Å². The Kier molecular flexibility index (Phi) is 5.94. The molecule has 168 valence electrons. The van der Waals surface area contributed by atoms with Gasteiger partial charge in [0.25, 0.3) is 0 Å². The van der Waals surface area contributed by atoms with Gasteiger partial charge in [0.1, 0.15) is 0 Å². The molecule has 0 aliphatic heterocycles. The van der Waals surface area contributed by atoms with Gasteiger partial charge in [0, 0.05) is 0 Å². The number of hydrogen-bond acceptors (Lipinski definition) is 0. The van der Waals surface area contributed by atoms with Crippen LogP contribution in [0.5, 0.6) is 0 Å². The first-order chi connectivity index (χ1) is 14.7. The van der Waals surface area contributed by atoms with Gasteiger partial charge in [-0.2, -0.15) is 0 Å². The standard InChI is InChI=1S/C21H25.C10H15.Zr/c1-20(2,3)16-7-9-18-14(12-16)11-15-13-17(21(4,5)6)8-10-19(15)18;1-8-5-6-9(7-8)10(2,3)4;/h7-10,12H,11H2,1-6H3;6-8H,1-4H3;. The van der Waals surface area contributed by atoms with E-state index in [4.69, 9.17) is 0 Å². The fraction of sp³-hybridized carbons (Fsp3) is 0.484. The van der Waals surface area contributed by atoms with Crippen LogP contribution in [0.3, 0.4) is 0 Å². The van der Waals surface area contributed by atoms with Crippen molar-refractivity contribution in [1.29, 1.82) is 0 Å². The fourth-order valence-electron chi connectivity index (χ4n) is 4.98. The summed E-state index contributed by atoms with van der Waals surface area (Å²) in [6.45, 7) is 23.6. The van der Waals surface area contributed by atoms with Crippen molar-refractivity contribution in [3.8, 4) is 11.1 Å². The summed E-state index contributed by atoms with van der Waals surface area (Å²) in [5.41, 5.74) is 11.3. The van der Waals surface area contributed by atoms with Crippen molar-refractivity contribution in [2.75, 3.05) is 0 Å². The van der Waals surface area contributed by atoms with Crippen LogP contribution in [0.2, 0.25) is 0 Å². The molecule has 1 unspecified atom stereocenters. The number of hydrogen-bond donors (Lipinski definition) is 0. The molecule has 0 radical (unpaired) electrons. The van der Waals surface area contributed by atoms with Crippen molar-refractivity contribution in [1.82, 2.24) is 0 Å². The van der Waals surface area contributed by atoms with Crippen LogP contribution in [-0.2, 0) is 40.5 Å². The number of allylic oxidation sites excluding steroid dienone is 4. The molecule has 2 aliphatic rings. The Bertz CT molecular complexity index is 1120. The summed E-state index contributed by atoms with van der Waals surface area (Å²) in [6, 6.07) is 12.1. The zero-order valence-electron chi connectivity index (χ0n) is 21.8. The van der Waals surface area contributed by atoms with Gasteiger partial charge in [-0.1, -0.05) is 0 Å². The molecule has 1 atom stereocenters. The van der Waals surface area contributed by atoms with E-state index in [2.05, 4.69) is 112 Å². The maximum atomic E-state index is 2.57. The third-order valence-corrected chi connectivity index (χ3v) is 11.3. The number of fused-ring (bicyclic) bond motifs is 3. The molecular weight excluding hydrogens is 464 g/mol. The van der Waals surface area contributed by atoms with Crippen molar-refractivity contribution in [3.63, 3.8) is 0 Å². The molecule has 0 spiro atoms. The van der Waals surface area contributed by atoms with Crippen molar-refractivity contribution in [2.45, 2.75) is 86.5 Å². The van der Waals surface area contributed by atoms with Crippen LogP contribution in [0, 0.1) is 11.3 Å². The molecule has 0 nitrogen and oxygen atoms in total. The first-order valence-electron chi connectivity index (χ1n) is 12.2. The van der Waals surface area contributed by atoms with Crippen LogP contribution in [-0.4, -0.2) is 0 Å². The Hall–Kier alpha value is -1.20. The van der Waals surface area contributed by atoms with E-state index in [0.717, 1.165) is 6.42 Å². The van der Waals surface area contributed by atoms with Gasteiger partial charge in [-0.3, -0.25) is 0 Å². The van der Waals surface area contributed by atoms with Gasteiger partial charge in [0.05, 0.1) is 0 Å². The molecule has 0 bridgehead atoms. The van der Waals surface area contributed by atoms with E-state index < -0.39 is 23.2 Å². The van der Waals surface area contributed by atoms with Gasteiger partial charge in [-0.25, -0.2) is 0 Å². The second-order valence-corrected chi connectivity index (χ2v) is 16.2. The SMILES string of the molecule is CC1C=C(C(C)(C)C)C=[C]1[Zr][c]1c(C(C)(C)C)ccc2c1Cc1cc(C(C)(C)C)ccc1-2. The molecular formula is C31H40Zr. The second-order valence-electron chi connectivity index (χ2n) is 12.9. The number of rotatable bonds is 2. The van der Waals surface area contributed by atoms with E-state index in [1.54, 1.807) is 17.7 Å². The predicted octanol–water partition coefficient (Wildman–Crippen LogP) is 8.07. The van der Waals surface area contributed by atoms with E-state index in [1.165, 1.54) is 27.8 Å². The van der Waals surface area contributed by atoms with Crippen molar-refractivity contribution in [2.24, 2.45) is 11.3 Å². The first-order valence-corrected chi connectivity index (χ1v) is 14.6.